The highest BCUT2D eigenvalue weighted by atomic mass is 35.5. The van der Waals surface area contributed by atoms with Gasteiger partial charge in [0.25, 0.3) is 0 Å². The van der Waals surface area contributed by atoms with Crippen molar-refractivity contribution >= 4 is 35.2 Å². The number of hydrogen-bond donors (Lipinski definition) is 2. The first-order chi connectivity index (χ1) is 9.08. The van der Waals surface area contributed by atoms with Crippen molar-refractivity contribution in [1.82, 2.24) is 5.48 Å². The molecule has 0 fully saturated rings. The predicted octanol–water partition coefficient (Wildman–Crippen LogP) is 1.75. The number of hydrogen-bond acceptors (Lipinski definition) is 4. The Hall–Kier alpha value is -1.24. The Morgan fingerprint density at radius 1 is 1.32 bits per heavy atom. The minimum Gasteiger partial charge on any atom is -0.368 e. The summed E-state index contributed by atoms with van der Waals surface area (Å²) in [6, 6.07) is 7.52. The van der Waals surface area contributed by atoms with E-state index in [0.29, 0.717) is 17.9 Å². The van der Waals surface area contributed by atoms with Gasteiger partial charge in [-0.05, 0) is 36.4 Å². The molecule has 2 amide bonds. The van der Waals surface area contributed by atoms with E-state index in [1.165, 1.54) is 0 Å². The van der Waals surface area contributed by atoms with Gasteiger partial charge in [-0.15, -0.1) is 11.8 Å². The molecule has 0 aliphatic carbocycles. The lowest BCUT2D eigenvalue weighted by Crippen LogP contribution is -2.29. The van der Waals surface area contributed by atoms with Gasteiger partial charge in [0.1, 0.15) is 0 Å². The minimum atomic E-state index is -0.626. The molecular formula is C12H15ClN2O3S. The predicted molar refractivity (Wildman–Crippen MR) is 74.7 cm³/mol. The first-order valence-corrected chi connectivity index (χ1v) is 7.01. The Balaban J connectivity index is 2.08. The average Bonchev–Trinajstić information content (AvgIpc) is 2.36. The van der Waals surface area contributed by atoms with Crippen LogP contribution in [0.2, 0.25) is 5.02 Å². The number of nitrogens with two attached hydrogens (primary N) is 1. The van der Waals surface area contributed by atoms with Crippen LogP contribution in [-0.4, -0.2) is 24.2 Å². The summed E-state index contributed by atoms with van der Waals surface area (Å²) in [7, 11) is 0. The van der Waals surface area contributed by atoms with E-state index in [1.54, 1.807) is 11.8 Å². The normalized spacial score (nSPS) is 10.2. The SMILES string of the molecule is NC(=O)CONC(=O)CCCSc1ccc(Cl)cc1. The monoisotopic (exact) mass is 302 g/mol. The summed E-state index contributed by atoms with van der Waals surface area (Å²) in [5, 5.41) is 0.704. The van der Waals surface area contributed by atoms with Crippen LogP contribution in [0.1, 0.15) is 12.8 Å². The highest BCUT2D eigenvalue weighted by molar-refractivity contribution is 7.99. The van der Waals surface area contributed by atoms with Crippen molar-refractivity contribution in [1.29, 1.82) is 0 Å². The molecule has 1 aromatic rings. The van der Waals surface area contributed by atoms with Gasteiger partial charge in [0.15, 0.2) is 6.61 Å². The topological polar surface area (TPSA) is 81.4 Å². The number of thioether (sulfide) groups is 1. The summed E-state index contributed by atoms with van der Waals surface area (Å²) >= 11 is 7.42. The van der Waals surface area contributed by atoms with Crippen LogP contribution in [0.4, 0.5) is 0 Å². The highest BCUT2D eigenvalue weighted by Crippen LogP contribution is 2.21. The number of amides is 2. The summed E-state index contributed by atoms with van der Waals surface area (Å²) in [6.07, 6.45) is 1.04. The van der Waals surface area contributed by atoms with E-state index in [0.717, 1.165) is 10.6 Å². The van der Waals surface area contributed by atoms with E-state index in [1.807, 2.05) is 24.3 Å². The van der Waals surface area contributed by atoms with Crippen molar-refractivity contribution < 1.29 is 14.4 Å². The van der Waals surface area contributed by atoms with Gasteiger partial charge in [0, 0.05) is 16.3 Å². The van der Waals surface area contributed by atoms with E-state index in [-0.39, 0.29) is 12.5 Å². The Kier molecular flexibility index (Phi) is 7.32. The summed E-state index contributed by atoms with van der Waals surface area (Å²) in [4.78, 5) is 27.3. The van der Waals surface area contributed by atoms with Gasteiger partial charge in [-0.25, -0.2) is 5.48 Å². The Morgan fingerprint density at radius 2 is 2.00 bits per heavy atom. The van der Waals surface area contributed by atoms with Gasteiger partial charge in [-0.2, -0.15) is 0 Å². The smallest absolute Gasteiger partial charge is 0.246 e. The fourth-order valence-corrected chi connectivity index (χ4v) is 2.17. The van der Waals surface area contributed by atoms with Gasteiger partial charge in [0.2, 0.25) is 11.8 Å². The second-order valence-electron chi connectivity index (χ2n) is 3.69. The quantitative estimate of drug-likeness (QED) is 0.435. The third kappa shape index (κ3) is 7.71. The van der Waals surface area contributed by atoms with Gasteiger partial charge >= 0.3 is 0 Å². The van der Waals surface area contributed by atoms with Crippen molar-refractivity contribution in [3.63, 3.8) is 0 Å². The Labute approximate surface area is 120 Å². The molecule has 3 N–H and O–H groups in total. The van der Waals surface area contributed by atoms with Crippen LogP contribution in [0.25, 0.3) is 0 Å². The number of carbonyl (C=O) groups excluding carboxylic acids is 2. The molecule has 19 heavy (non-hydrogen) atoms. The second-order valence-corrected chi connectivity index (χ2v) is 5.29. The van der Waals surface area contributed by atoms with E-state index in [4.69, 9.17) is 17.3 Å². The zero-order valence-corrected chi connectivity index (χ0v) is 11.8. The summed E-state index contributed by atoms with van der Waals surface area (Å²) in [5.74, 6) is -0.0817. The number of nitrogens with one attached hydrogen (secondary N) is 1. The third-order valence-electron chi connectivity index (χ3n) is 2.03. The molecule has 0 heterocycles. The molecule has 0 aliphatic heterocycles. The van der Waals surface area contributed by atoms with E-state index < -0.39 is 5.91 Å². The molecule has 104 valence electrons. The lowest BCUT2D eigenvalue weighted by molar-refractivity contribution is -0.137. The van der Waals surface area contributed by atoms with Crippen LogP contribution in [0.5, 0.6) is 0 Å². The molecular weight excluding hydrogens is 288 g/mol. The molecule has 0 saturated carbocycles. The largest absolute Gasteiger partial charge is 0.368 e. The van der Waals surface area contributed by atoms with Crippen LogP contribution in [0, 0.1) is 0 Å². The van der Waals surface area contributed by atoms with Crippen LogP contribution in [-0.2, 0) is 14.4 Å². The molecule has 0 atom stereocenters. The molecule has 0 saturated heterocycles. The molecule has 1 rings (SSSR count). The maximum absolute atomic E-state index is 11.3. The zero-order chi connectivity index (χ0) is 14.1. The summed E-state index contributed by atoms with van der Waals surface area (Å²) < 4.78 is 0. The molecule has 0 aliphatic rings. The fourth-order valence-electron chi connectivity index (χ4n) is 1.19. The van der Waals surface area contributed by atoms with E-state index >= 15 is 0 Å². The number of hydroxylamine groups is 1. The van der Waals surface area contributed by atoms with Crippen LogP contribution >= 0.6 is 23.4 Å². The number of carbonyl (C=O) groups is 2. The van der Waals surface area contributed by atoms with Crippen molar-refractivity contribution in [2.75, 3.05) is 12.4 Å². The van der Waals surface area contributed by atoms with Gasteiger partial charge in [-0.1, -0.05) is 11.6 Å². The molecule has 0 aromatic heterocycles. The average molecular weight is 303 g/mol. The number of primary amides is 1. The number of benzene rings is 1. The standard InChI is InChI=1S/C12H15ClN2O3S/c13-9-3-5-10(6-4-9)19-7-1-2-12(17)15-18-8-11(14)16/h3-6H,1-2,7-8H2,(H2,14,16)(H,15,17). The Morgan fingerprint density at radius 3 is 2.63 bits per heavy atom. The molecule has 1 aromatic carbocycles. The summed E-state index contributed by atoms with van der Waals surface area (Å²) in [6.45, 7) is -0.314. The lowest BCUT2D eigenvalue weighted by atomic mass is 10.3. The maximum atomic E-state index is 11.3. The first-order valence-electron chi connectivity index (χ1n) is 5.65. The molecule has 7 heteroatoms. The molecule has 5 nitrogen and oxygen atoms in total. The zero-order valence-electron chi connectivity index (χ0n) is 10.2. The van der Waals surface area contributed by atoms with Crippen LogP contribution in [0.3, 0.4) is 0 Å². The van der Waals surface area contributed by atoms with E-state index in [2.05, 4.69) is 10.3 Å². The van der Waals surface area contributed by atoms with Crippen LogP contribution < -0.4 is 11.2 Å². The lowest BCUT2D eigenvalue weighted by Gasteiger charge is -2.04. The van der Waals surface area contributed by atoms with Gasteiger partial charge in [0.05, 0.1) is 0 Å². The van der Waals surface area contributed by atoms with Crippen molar-refractivity contribution in [2.24, 2.45) is 5.73 Å². The van der Waals surface area contributed by atoms with Crippen LogP contribution in [0.15, 0.2) is 29.2 Å². The maximum Gasteiger partial charge on any atom is 0.246 e. The molecule has 0 bridgehead atoms. The first kappa shape index (κ1) is 15.8. The highest BCUT2D eigenvalue weighted by Gasteiger charge is 2.02. The fraction of sp³-hybridized carbons (Fsp3) is 0.333. The third-order valence-corrected chi connectivity index (χ3v) is 3.38. The molecule has 0 spiro atoms. The number of halogens is 1. The van der Waals surface area contributed by atoms with E-state index in [9.17, 15) is 9.59 Å². The second kappa shape index (κ2) is 8.79. The van der Waals surface area contributed by atoms with Gasteiger partial charge in [-0.3, -0.25) is 14.4 Å². The summed E-state index contributed by atoms with van der Waals surface area (Å²) in [5.41, 5.74) is 7.00. The molecule has 0 radical (unpaired) electrons. The number of rotatable bonds is 8. The van der Waals surface area contributed by atoms with Crippen molar-refractivity contribution in [3.8, 4) is 0 Å². The van der Waals surface area contributed by atoms with Crippen molar-refractivity contribution in [3.05, 3.63) is 29.3 Å². The van der Waals surface area contributed by atoms with Gasteiger partial charge < -0.3 is 5.73 Å². The van der Waals surface area contributed by atoms with Crippen molar-refractivity contribution in [2.45, 2.75) is 17.7 Å². The Bertz CT molecular complexity index is 425. The minimum absolute atomic E-state index is 0.266. The molecule has 0 unspecified atom stereocenters.